The molecule has 5 nitrogen and oxygen atoms in total. The number of hydrogen-bond acceptors (Lipinski definition) is 3. The molecule has 2 fully saturated rings. The van der Waals surface area contributed by atoms with Gasteiger partial charge in [-0.25, -0.2) is 0 Å². The van der Waals surface area contributed by atoms with Crippen molar-refractivity contribution in [1.82, 2.24) is 15.1 Å². The predicted molar refractivity (Wildman–Crippen MR) is 102 cm³/mol. The lowest BCUT2D eigenvalue weighted by atomic mass is 9.97. The van der Waals surface area contributed by atoms with E-state index in [0.717, 1.165) is 63.7 Å². The Balaban J connectivity index is 1.68. The molecule has 0 aliphatic carbocycles. The number of guanidine groups is 1. The lowest BCUT2D eigenvalue weighted by Crippen LogP contribution is -2.40. The first-order valence-electron chi connectivity index (χ1n) is 10.0. The van der Waals surface area contributed by atoms with Crippen molar-refractivity contribution in [2.45, 2.75) is 46.5 Å². The lowest BCUT2D eigenvalue weighted by Gasteiger charge is -2.26. The Hall–Kier alpha value is -0.810. The van der Waals surface area contributed by atoms with Crippen molar-refractivity contribution >= 4 is 5.96 Å². The third-order valence-electron chi connectivity index (χ3n) is 4.97. The maximum Gasteiger partial charge on any atom is 0.193 e. The van der Waals surface area contributed by atoms with E-state index in [4.69, 9.17) is 9.73 Å². The van der Waals surface area contributed by atoms with Gasteiger partial charge in [0, 0.05) is 39.3 Å². The molecule has 1 atom stereocenters. The van der Waals surface area contributed by atoms with Crippen molar-refractivity contribution in [1.29, 1.82) is 0 Å². The minimum atomic E-state index is 0.801. The Morgan fingerprint density at radius 2 is 2.00 bits per heavy atom. The molecule has 0 amide bonds. The van der Waals surface area contributed by atoms with Crippen molar-refractivity contribution in [3.63, 3.8) is 0 Å². The molecule has 140 valence electrons. The molecule has 2 saturated heterocycles. The van der Waals surface area contributed by atoms with E-state index in [1.54, 1.807) is 0 Å². The first-order chi connectivity index (χ1) is 11.7. The molecule has 2 heterocycles. The number of likely N-dealkylation sites (tertiary alicyclic amines) is 1. The molecule has 2 aliphatic rings. The number of nitrogens with zero attached hydrogens (tertiary/aromatic N) is 3. The Labute approximate surface area is 148 Å². The van der Waals surface area contributed by atoms with Gasteiger partial charge < -0.3 is 15.0 Å². The quantitative estimate of drug-likeness (QED) is 0.419. The summed E-state index contributed by atoms with van der Waals surface area (Å²) >= 11 is 0. The van der Waals surface area contributed by atoms with Crippen LogP contribution >= 0.6 is 0 Å². The molecule has 5 heteroatoms. The number of unbranched alkanes of at least 4 members (excludes halogenated alkanes) is 1. The van der Waals surface area contributed by atoms with Gasteiger partial charge in [0.05, 0.1) is 13.2 Å². The molecule has 0 radical (unpaired) electrons. The van der Waals surface area contributed by atoms with Gasteiger partial charge in [0.1, 0.15) is 0 Å². The molecule has 0 aromatic rings. The Morgan fingerprint density at radius 3 is 2.71 bits per heavy atom. The van der Waals surface area contributed by atoms with Gasteiger partial charge in [0.25, 0.3) is 0 Å². The van der Waals surface area contributed by atoms with Crippen LogP contribution in [0.2, 0.25) is 0 Å². The second-order valence-corrected chi connectivity index (χ2v) is 7.63. The molecule has 0 aromatic heterocycles. The molecule has 0 spiro atoms. The molecule has 24 heavy (non-hydrogen) atoms. The van der Waals surface area contributed by atoms with E-state index in [9.17, 15) is 0 Å². The van der Waals surface area contributed by atoms with Crippen LogP contribution in [0.3, 0.4) is 0 Å². The minimum Gasteiger partial charge on any atom is -0.379 e. The van der Waals surface area contributed by atoms with Crippen LogP contribution in [0.15, 0.2) is 4.99 Å². The Kier molecular flexibility index (Phi) is 8.89. The molecule has 2 aliphatic heterocycles. The van der Waals surface area contributed by atoms with E-state index in [1.807, 2.05) is 0 Å². The standard InChI is InChI=1S/C19H38N4O/c1-4-20-19(23-10-7-18(16-23)15-17(2)3)21-8-5-6-9-22-11-13-24-14-12-22/h17-18H,4-16H2,1-3H3,(H,20,21). The van der Waals surface area contributed by atoms with Gasteiger partial charge in [-0.2, -0.15) is 0 Å². The molecule has 0 aromatic carbocycles. The largest absolute Gasteiger partial charge is 0.379 e. The molecular formula is C19H38N4O. The summed E-state index contributed by atoms with van der Waals surface area (Å²) in [5.41, 5.74) is 0. The number of rotatable bonds is 8. The molecule has 2 rings (SSSR count). The van der Waals surface area contributed by atoms with Crippen molar-refractivity contribution in [2.75, 3.05) is 59.0 Å². The van der Waals surface area contributed by atoms with Crippen LogP contribution in [-0.4, -0.2) is 74.8 Å². The zero-order chi connectivity index (χ0) is 17.2. The van der Waals surface area contributed by atoms with Gasteiger partial charge in [-0.05, 0) is 51.0 Å². The van der Waals surface area contributed by atoms with Gasteiger partial charge in [-0.1, -0.05) is 13.8 Å². The monoisotopic (exact) mass is 338 g/mol. The zero-order valence-electron chi connectivity index (χ0n) is 16.1. The number of nitrogens with one attached hydrogen (secondary N) is 1. The Bertz CT molecular complexity index is 366. The summed E-state index contributed by atoms with van der Waals surface area (Å²) in [4.78, 5) is 9.86. The number of aliphatic imine (C=N–C) groups is 1. The second-order valence-electron chi connectivity index (χ2n) is 7.63. The van der Waals surface area contributed by atoms with Crippen molar-refractivity contribution in [3.8, 4) is 0 Å². The summed E-state index contributed by atoms with van der Waals surface area (Å²) in [7, 11) is 0. The summed E-state index contributed by atoms with van der Waals surface area (Å²) in [6, 6.07) is 0. The van der Waals surface area contributed by atoms with Gasteiger partial charge in [0.2, 0.25) is 0 Å². The highest BCUT2D eigenvalue weighted by molar-refractivity contribution is 5.80. The maximum atomic E-state index is 5.40. The second kappa shape index (κ2) is 10.9. The first-order valence-corrected chi connectivity index (χ1v) is 10.0. The highest BCUT2D eigenvalue weighted by Gasteiger charge is 2.25. The van der Waals surface area contributed by atoms with Crippen LogP contribution in [0.1, 0.15) is 46.5 Å². The van der Waals surface area contributed by atoms with Crippen molar-refractivity contribution in [3.05, 3.63) is 0 Å². The van der Waals surface area contributed by atoms with E-state index < -0.39 is 0 Å². The lowest BCUT2D eigenvalue weighted by molar-refractivity contribution is 0.0373. The van der Waals surface area contributed by atoms with Crippen LogP contribution in [0.4, 0.5) is 0 Å². The summed E-state index contributed by atoms with van der Waals surface area (Å²) in [6.07, 6.45) is 5.07. The fraction of sp³-hybridized carbons (Fsp3) is 0.947. The Morgan fingerprint density at radius 1 is 1.21 bits per heavy atom. The zero-order valence-corrected chi connectivity index (χ0v) is 16.1. The van der Waals surface area contributed by atoms with Gasteiger partial charge >= 0.3 is 0 Å². The van der Waals surface area contributed by atoms with E-state index in [-0.39, 0.29) is 0 Å². The van der Waals surface area contributed by atoms with E-state index in [0.29, 0.717) is 0 Å². The normalized spacial score (nSPS) is 23.2. The predicted octanol–water partition coefficient (Wildman–Crippen LogP) is 2.43. The third kappa shape index (κ3) is 6.98. The first kappa shape index (κ1) is 19.5. The summed E-state index contributed by atoms with van der Waals surface area (Å²) in [6.45, 7) is 16.2. The SMILES string of the molecule is CCNC(=NCCCCN1CCOCC1)N1CCC(CC(C)C)C1. The fourth-order valence-electron chi connectivity index (χ4n) is 3.77. The highest BCUT2D eigenvalue weighted by atomic mass is 16.5. The molecule has 0 bridgehead atoms. The van der Waals surface area contributed by atoms with Gasteiger partial charge in [-0.3, -0.25) is 9.89 Å². The average Bonchev–Trinajstić information content (AvgIpc) is 3.02. The van der Waals surface area contributed by atoms with Crippen LogP contribution in [0.25, 0.3) is 0 Å². The van der Waals surface area contributed by atoms with Crippen LogP contribution in [0, 0.1) is 11.8 Å². The number of hydrogen-bond donors (Lipinski definition) is 1. The van der Waals surface area contributed by atoms with E-state index in [1.165, 1.54) is 38.8 Å². The topological polar surface area (TPSA) is 40.1 Å². The highest BCUT2D eigenvalue weighted by Crippen LogP contribution is 2.23. The maximum absolute atomic E-state index is 5.40. The van der Waals surface area contributed by atoms with Crippen molar-refractivity contribution in [2.24, 2.45) is 16.8 Å². The summed E-state index contributed by atoms with van der Waals surface area (Å²) in [5.74, 6) is 2.78. The van der Waals surface area contributed by atoms with Gasteiger partial charge in [0.15, 0.2) is 5.96 Å². The summed E-state index contributed by atoms with van der Waals surface area (Å²) in [5, 5.41) is 3.49. The van der Waals surface area contributed by atoms with Gasteiger partial charge in [-0.15, -0.1) is 0 Å². The van der Waals surface area contributed by atoms with E-state index in [2.05, 4.69) is 35.9 Å². The van der Waals surface area contributed by atoms with Crippen LogP contribution in [0.5, 0.6) is 0 Å². The summed E-state index contributed by atoms with van der Waals surface area (Å²) < 4.78 is 5.40. The third-order valence-corrected chi connectivity index (χ3v) is 4.97. The van der Waals surface area contributed by atoms with Crippen molar-refractivity contribution < 1.29 is 4.74 Å². The molecule has 1 unspecified atom stereocenters. The molecule has 1 N–H and O–H groups in total. The molecular weight excluding hydrogens is 300 g/mol. The minimum absolute atomic E-state index is 0.801. The van der Waals surface area contributed by atoms with Crippen LogP contribution in [-0.2, 0) is 4.74 Å². The number of morpholine rings is 1. The fourth-order valence-corrected chi connectivity index (χ4v) is 3.77. The average molecular weight is 339 g/mol. The molecule has 0 saturated carbocycles. The number of ether oxygens (including phenoxy) is 1. The van der Waals surface area contributed by atoms with Crippen LogP contribution < -0.4 is 5.32 Å². The van der Waals surface area contributed by atoms with E-state index >= 15 is 0 Å². The smallest absolute Gasteiger partial charge is 0.193 e.